The first-order valence-electron chi connectivity index (χ1n) is 10.7. The number of benzene rings is 1. The van der Waals surface area contributed by atoms with Gasteiger partial charge >= 0.3 is 0 Å². The normalized spacial score (nSPS) is 16.4. The Labute approximate surface area is 183 Å². The monoisotopic (exact) mass is 422 g/mol. The number of nitrogens with zero attached hydrogens (tertiary/aromatic N) is 2. The average Bonchev–Trinajstić information content (AvgIpc) is 3.23. The average molecular weight is 423 g/mol. The van der Waals surface area contributed by atoms with Crippen LogP contribution in [0.25, 0.3) is 11.4 Å². The summed E-state index contributed by atoms with van der Waals surface area (Å²) in [4.78, 5) is 4.86. The molecule has 0 N–H and O–H groups in total. The SMILES string of the molecule is CC(C)C(CCn1c(-c2ccccc2)nc(=S)c2c1CC(C)(C)OC2)c1ccco1. The van der Waals surface area contributed by atoms with E-state index in [1.54, 1.807) is 6.26 Å². The van der Waals surface area contributed by atoms with E-state index in [2.05, 4.69) is 62.6 Å². The molecule has 0 saturated heterocycles. The van der Waals surface area contributed by atoms with E-state index in [4.69, 9.17) is 26.4 Å². The van der Waals surface area contributed by atoms with Crippen LogP contribution in [0.1, 0.15) is 57.1 Å². The Balaban J connectivity index is 1.79. The van der Waals surface area contributed by atoms with Crippen LogP contribution >= 0.6 is 12.2 Å². The van der Waals surface area contributed by atoms with Gasteiger partial charge in [-0.15, -0.1) is 0 Å². The summed E-state index contributed by atoms with van der Waals surface area (Å²) in [6.45, 7) is 10.2. The highest BCUT2D eigenvalue weighted by atomic mass is 32.1. The molecule has 0 fully saturated rings. The van der Waals surface area contributed by atoms with Gasteiger partial charge in [0.2, 0.25) is 0 Å². The highest BCUT2D eigenvalue weighted by molar-refractivity contribution is 7.71. The van der Waals surface area contributed by atoms with Gasteiger partial charge in [0, 0.05) is 35.7 Å². The Morgan fingerprint density at radius 1 is 1.13 bits per heavy atom. The highest BCUT2D eigenvalue weighted by Crippen LogP contribution is 2.34. The van der Waals surface area contributed by atoms with Crippen LogP contribution in [-0.2, 0) is 24.3 Å². The van der Waals surface area contributed by atoms with E-state index >= 15 is 0 Å². The van der Waals surface area contributed by atoms with E-state index in [1.807, 2.05) is 12.1 Å². The lowest BCUT2D eigenvalue weighted by atomic mass is 9.89. The minimum Gasteiger partial charge on any atom is -0.469 e. The van der Waals surface area contributed by atoms with Gasteiger partial charge < -0.3 is 13.7 Å². The van der Waals surface area contributed by atoms with Gasteiger partial charge in [0.1, 0.15) is 16.2 Å². The van der Waals surface area contributed by atoms with Gasteiger partial charge in [-0.1, -0.05) is 56.4 Å². The molecule has 0 radical (unpaired) electrons. The minimum atomic E-state index is -0.218. The number of aromatic nitrogens is 2. The Hall–Kier alpha value is -2.24. The maximum absolute atomic E-state index is 6.06. The lowest BCUT2D eigenvalue weighted by Gasteiger charge is -2.34. The summed E-state index contributed by atoms with van der Waals surface area (Å²) >= 11 is 5.68. The highest BCUT2D eigenvalue weighted by Gasteiger charge is 2.31. The molecule has 1 aliphatic rings. The van der Waals surface area contributed by atoms with Crippen molar-refractivity contribution in [2.75, 3.05) is 0 Å². The molecule has 4 nitrogen and oxygen atoms in total. The molecule has 3 aromatic rings. The summed E-state index contributed by atoms with van der Waals surface area (Å²) < 4.78 is 14.9. The standard InChI is InChI=1S/C25H30N2O2S/c1-17(2)19(22-11-8-14-28-22)12-13-27-21-15-25(3,4)29-16-20(21)24(30)26-23(27)18-9-6-5-7-10-18/h5-11,14,17,19H,12-13,15-16H2,1-4H3. The number of hydrogen-bond donors (Lipinski definition) is 0. The molecule has 30 heavy (non-hydrogen) atoms. The fourth-order valence-corrected chi connectivity index (χ4v) is 4.59. The zero-order valence-electron chi connectivity index (χ0n) is 18.2. The van der Waals surface area contributed by atoms with Crippen molar-refractivity contribution in [3.63, 3.8) is 0 Å². The zero-order valence-corrected chi connectivity index (χ0v) is 19.0. The van der Waals surface area contributed by atoms with Gasteiger partial charge in [0.25, 0.3) is 0 Å². The third-order valence-corrected chi connectivity index (χ3v) is 6.34. The van der Waals surface area contributed by atoms with Crippen molar-refractivity contribution in [1.82, 2.24) is 9.55 Å². The second-order valence-electron chi connectivity index (χ2n) is 9.06. The van der Waals surface area contributed by atoms with Gasteiger partial charge in [-0.3, -0.25) is 0 Å². The lowest BCUT2D eigenvalue weighted by Crippen LogP contribution is -2.35. The van der Waals surface area contributed by atoms with E-state index in [-0.39, 0.29) is 5.60 Å². The first-order chi connectivity index (χ1) is 14.4. The van der Waals surface area contributed by atoms with Crippen LogP contribution < -0.4 is 0 Å². The van der Waals surface area contributed by atoms with Crippen LogP contribution in [0.5, 0.6) is 0 Å². The first kappa shape index (κ1) is 21.0. The number of furan rings is 1. The molecule has 0 amide bonds. The third kappa shape index (κ3) is 4.28. The second-order valence-corrected chi connectivity index (χ2v) is 9.45. The van der Waals surface area contributed by atoms with Gasteiger partial charge in [0.15, 0.2) is 0 Å². The molecule has 5 heteroatoms. The van der Waals surface area contributed by atoms with Crippen LogP contribution in [0.15, 0.2) is 53.1 Å². The molecule has 1 aliphatic heterocycles. The molecular weight excluding hydrogens is 392 g/mol. The Morgan fingerprint density at radius 3 is 2.57 bits per heavy atom. The molecule has 0 spiro atoms. The van der Waals surface area contributed by atoms with Gasteiger partial charge in [-0.05, 0) is 38.3 Å². The minimum absolute atomic E-state index is 0.218. The largest absolute Gasteiger partial charge is 0.469 e. The van der Waals surface area contributed by atoms with Gasteiger partial charge in [-0.2, -0.15) is 0 Å². The van der Waals surface area contributed by atoms with Crippen molar-refractivity contribution in [2.24, 2.45) is 5.92 Å². The molecule has 2 aromatic heterocycles. The lowest BCUT2D eigenvalue weighted by molar-refractivity contribution is -0.0429. The van der Waals surface area contributed by atoms with Crippen LogP contribution in [-0.4, -0.2) is 15.2 Å². The van der Waals surface area contributed by atoms with E-state index < -0.39 is 0 Å². The smallest absolute Gasteiger partial charge is 0.141 e. The van der Waals surface area contributed by atoms with Crippen molar-refractivity contribution < 1.29 is 9.15 Å². The van der Waals surface area contributed by atoms with Crippen LogP contribution in [0.3, 0.4) is 0 Å². The van der Waals surface area contributed by atoms with Crippen molar-refractivity contribution in [2.45, 2.75) is 65.2 Å². The van der Waals surface area contributed by atoms with E-state index in [0.29, 0.717) is 23.1 Å². The molecular formula is C25H30N2O2S. The number of fused-ring (bicyclic) bond motifs is 1. The quantitative estimate of drug-likeness (QED) is 0.422. The molecule has 1 atom stereocenters. The number of ether oxygens (including phenoxy) is 1. The molecule has 4 rings (SSSR count). The predicted octanol–water partition coefficient (Wildman–Crippen LogP) is 6.55. The third-order valence-electron chi connectivity index (χ3n) is 6.00. The van der Waals surface area contributed by atoms with Crippen LogP contribution in [0.4, 0.5) is 0 Å². The molecule has 0 aliphatic carbocycles. The Morgan fingerprint density at radius 2 is 1.90 bits per heavy atom. The van der Waals surface area contributed by atoms with Gasteiger partial charge in [0.05, 0.1) is 18.5 Å². The summed E-state index contributed by atoms with van der Waals surface area (Å²) in [5.74, 6) is 2.83. The fourth-order valence-electron chi connectivity index (χ4n) is 4.33. The van der Waals surface area contributed by atoms with E-state index in [9.17, 15) is 0 Å². The predicted molar refractivity (Wildman–Crippen MR) is 122 cm³/mol. The molecule has 1 aromatic carbocycles. The summed E-state index contributed by atoms with van der Waals surface area (Å²) in [6.07, 6.45) is 3.56. The Kier molecular flexibility index (Phi) is 5.94. The van der Waals surface area contributed by atoms with E-state index in [1.165, 1.54) is 5.69 Å². The molecule has 0 bridgehead atoms. The van der Waals surface area contributed by atoms with Crippen LogP contribution in [0.2, 0.25) is 0 Å². The van der Waals surface area contributed by atoms with Crippen molar-refractivity contribution >= 4 is 12.2 Å². The molecule has 158 valence electrons. The Bertz CT molecular complexity index is 1050. The first-order valence-corrected chi connectivity index (χ1v) is 11.1. The molecule has 1 unspecified atom stereocenters. The molecule has 3 heterocycles. The fraction of sp³-hybridized carbons (Fsp3) is 0.440. The van der Waals surface area contributed by atoms with Crippen LogP contribution in [0, 0.1) is 10.6 Å². The number of rotatable bonds is 6. The summed E-state index contributed by atoms with van der Waals surface area (Å²) in [5.41, 5.74) is 3.19. The number of hydrogen-bond acceptors (Lipinski definition) is 4. The van der Waals surface area contributed by atoms with Crippen molar-refractivity contribution in [3.8, 4) is 11.4 Å². The maximum atomic E-state index is 6.06. The summed E-state index contributed by atoms with van der Waals surface area (Å²) in [5, 5.41) is 0. The maximum Gasteiger partial charge on any atom is 0.141 e. The second kappa shape index (κ2) is 8.48. The van der Waals surface area contributed by atoms with Crippen molar-refractivity contribution in [1.29, 1.82) is 0 Å². The summed E-state index contributed by atoms with van der Waals surface area (Å²) in [7, 11) is 0. The van der Waals surface area contributed by atoms with Crippen molar-refractivity contribution in [3.05, 3.63) is 70.4 Å². The summed E-state index contributed by atoms with van der Waals surface area (Å²) in [6, 6.07) is 14.4. The molecule has 0 saturated carbocycles. The van der Waals surface area contributed by atoms with E-state index in [0.717, 1.165) is 42.1 Å². The van der Waals surface area contributed by atoms with Gasteiger partial charge in [-0.25, -0.2) is 4.98 Å². The topological polar surface area (TPSA) is 40.2 Å². The zero-order chi connectivity index (χ0) is 21.3.